The molecule has 0 spiro atoms. The molecule has 208 valence electrons. The summed E-state index contributed by atoms with van der Waals surface area (Å²) in [6, 6.07) is 10.8. The Balaban J connectivity index is 1.41. The predicted octanol–water partition coefficient (Wildman–Crippen LogP) is 5.50. The maximum atomic E-state index is 16.6. The smallest absolute Gasteiger partial charge is 0.319 e. The minimum atomic E-state index is -0.937. The van der Waals surface area contributed by atoms with E-state index in [1.165, 1.54) is 6.07 Å². The number of phenolic OH excluding ortho intramolecular Hbond substituents is 1. The summed E-state index contributed by atoms with van der Waals surface area (Å²) >= 11 is 6.74. The molecule has 3 aliphatic heterocycles. The summed E-state index contributed by atoms with van der Waals surface area (Å²) in [5.74, 6) is -1.73. The molecule has 2 unspecified atom stereocenters. The van der Waals surface area contributed by atoms with Gasteiger partial charge in [0.25, 0.3) is 0 Å². The summed E-state index contributed by atoms with van der Waals surface area (Å²) in [6.07, 6.45) is 4.25. The average molecular weight is 566 g/mol. The van der Waals surface area contributed by atoms with E-state index in [9.17, 15) is 5.11 Å². The van der Waals surface area contributed by atoms with Crippen molar-refractivity contribution in [3.63, 3.8) is 0 Å². The fourth-order valence-corrected chi connectivity index (χ4v) is 6.86. The second-order valence-corrected chi connectivity index (χ2v) is 11.6. The van der Waals surface area contributed by atoms with E-state index in [0.29, 0.717) is 40.7 Å². The molecule has 0 radical (unpaired) electrons. The molecule has 7 nitrogen and oxygen atoms in total. The van der Waals surface area contributed by atoms with Gasteiger partial charge in [-0.1, -0.05) is 35.9 Å². The molecule has 1 aromatic heterocycles. The quantitative estimate of drug-likeness (QED) is 0.331. The first-order valence-corrected chi connectivity index (χ1v) is 14.2. The number of nitrogens with zero attached hydrogens (tertiary/aromatic N) is 4. The van der Waals surface area contributed by atoms with Gasteiger partial charge in [-0.3, -0.25) is 0 Å². The van der Waals surface area contributed by atoms with E-state index in [4.69, 9.17) is 21.3 Å². The van der Waals surface area contributed by atoms with Crippen LogP contribution in [0.5, 0.6) is 11.8 Å². The lowest BCUT2D eigenvalue weighted by Crippen LogP contribution is -2.51. The molecule has 3 aromatic carbocycles. The maximum Gasteiger partial charge on any atom is 0.319 e. The number of likely N-dealkylation sites (tertiary alicyclic amines) is 1. The van der Waals surface area contributed by atoms with Crippen molar-refractivity contribution in [3.05, 3.63) is 53.1 Å². The zero-order valence-corrected chi connectivity index (χ0v) is 22.9. The van der Waals surface area contributed by atoms with Crippen LogP contribution < -0.4 is 15.0 Å². The highest BCUT2D eigenvalue weighted by molar-refractivity contribution is 6.35. The first-order chi connectivity index (χ1) is 19.4. The molecule has 4 aromatic rings. The molecular formula is C30H30ClF2N5O2. The lowest BCUT2D eigenvalue weighted by atomic mass is 9.95. The molecule has 40 heavy (non-hydrogen) atoms. The minimum absolute atomic E-state index is 0.0110. The van der Waals surface area contributed by atoms with Crippen molar-refractivity contribution in [1.82, 2.24) is 20.2 Å². The van der Waals surface area contributed by atoms with Gasteiger partial charge in [-0.15, -0.1) is 0 Å². The van der Waals surface area contributed by atoms with Crippen molar-refractivity contribution in [1.29, 1.82) is 0 Å². The van der Waals surface area contributed by atoms with E-state index in [1.807, 2.05) is 0 Å². The van der Waals surface area contributed by atoms with E-state index < -0.39 is 17.4 Å². The van der Waals surface area contributed by atoms with Crippen LogP contribution in [0.3, 0.4) is 0 Å². The van der Waals surface area contributed by atoms with E-state index >= 15 is 8.78 Å². The van der Waals surface area contributed by atoms with Gasteiger partial charge < -0.3 is 25.0 Å². The van der Waals surface area contributed by atoms with E-state index in [-0.39, 0.29) is 33.7 Å². The Morgan fingerprint density at radius 1 is 1.02 bits per heavy atom. The number of anilines is 1. The maximum absolute atomic E-state index is 16.6. The van der Waals surface area contributed by atoms with E-state index in [0.717, 1.165) is 45.3 Å². The molecule has 4 heterocycles. The van der Waals surface area contributed by atoms with Gasteiger partial charge in [0.2, 0.25) is 0 Å². The highest BCUT2D eigenvalue weighted by Gasteiger charge is 2.35. The first-order valence-electron chi connectivity index (χ1n) is 13.8. The SMILES string of the molecule is CN1CCC[C@H]1COc1nc(N2CC3CCC(C2)N3)c2cc(Cl)c(-c3c(F)c(O)cc4ccccc34)c(F)c2n1. The summed E-state index contributed by atoms with van der Waals surface area (Å²) in [6.45, 7) is 2.84. The third-order valence-corrected chi connectivity index (χ3v) is 8.95. The summed E-state index contributed by atoms with van der Waals surface area (Å²) < 4.78 is 38.2. The normalized spacial score (nSPS) is 23.0. The monoisotopic (exact) mass is 565 g/mol. The molecule has 3 fully saturated rings. The highest BCUT2D eigenvalue weighted by atomic mass is 35.5. The number of nitrogens with one attached hydrogen (secondary N) is 1. The number of benzene rings is 3. The number of halogens is 3. The van der Waals surface area contributed by atoms with Gasteiger partial charge in [-0.25, -0.2) is 8.78 Å². The standard InChI is InChI=1S/C30H30ClF2N5O2/c1-37-10-4-6-19(37)15-40-30-35-28-21(29(36-30)38-13-17-8-9-18(14-38)34-17)12-22(31)25(27(28)33)24-20-7-3-2-5-16(20)11-23(39)26(24)32/h2-3,5,7,11-12,17-19,34,39H,4,6,8-10,13-15H2,1H3/t17?,18?,19-/m0/s1. The Morgan fingerprint density at radius 3 is 2.55 bits per heavy atom. The number of likely N-dealkylation sites (N-methyl/N-ethyl adjacent to an activating group) is 1. The number of piperazine rings is 1. The lowest BCUT2D eigenvalue weighted by molar-refractivity contribution is 0.188. The molecule has 0 aliphatic carbocycles. The van der Waals surface area contributed by atoms with Crippen molar-refractivity contribution >= 4 is 39.1 Å². The fraction of sp³-hybridized carbons (Fsp3) is 0.400. The number of ether oxygens (including phenoxy) is 1. The Bertz CT molecular complexity index is 1620. The third kappa shape index (κ3) is 4.31. The minimum Gasteiger partial charge on any atom is -0.505 e. The molecule has 3 aliphatic rings. The number of rotatable bonds is 5. The molecule has 3 atom stereocenters. The molecule has 0 amide bonds. The summed E-state index contributed by atoms with van der Waals surface area (Å²) in [5.41, 5.74) is -0.238. The Morgan fingerprint density at radius 2 is 1.80 bits per heavy atom. The van der Waals surface area contributed by atoms with E-state index in [2.05, 4.69) is 27.1 Å². The van der Waals surface area contributed by atoms with Crippen molar-refractivity contribution < 1.29 is 18.6 Å². The van der Waals surface area contributed by atoms with Crippen LogP contribution in [0.4, 0.5) is 14.6 Å². The largest absolute Gasteiger partial charge is 0.505 e. The average Bonchev–Trinajstić information content (AvgIpc) is 3.52. The van der Waals surface area contributed by atoms with Crippen LogP contribution in [0.2, 0.25) is 5.02 Å². The molecule has 2 N–H and O–H groups in total. The number of aromatic hydroxyl groups is 1. The Hall–Kier alpha value is -3.27. The molecular weight excluding hydrogens is 536 g/mol. The summed E-state index contributed by atoms with van der Waals surface area (Å²) in [4.78, 5) is 13.7. The number of fused-ring (bicyclic) bond motifs is 4. The van der Waals surface area contributed by atoms with Crippen LogP contribution in [0, 0.1) is 11.6 Å². The van der Waals surface area contributed by atoms with Gasteiger partial charge in [0, 0.05) is 47.7 Å². The summed E-state index contributed by atoms with van der Waals surface area (Å²) in [7, 11) is 2.06. The third-order valence-electron chi connectivity index (χ3n) is 8.65. The van der Waals surface area contributed by atoms with E-state index in [1.54, 1.807) is 30.3 Å². The van der Waals surface area contributed by atoms with Crippen LogP contribution in [0.15, 0.2) is 36.4 Å². The van der Waals surface area contributed by atoms with Crippen molar-refractivity contribution in [2.45, 2.75) is 43.8 Å². The predicted molar refractivity (Wildman–Crippen MR) is 152 cm³/mol. The van der Waals surface area contributed by atoms with Gasteiger partial charge in [0.1, 0.15) is 17.9 Å². The number of hydrogen-bond acceptors (Lipinski definition) is 7. The topological polar surface area (TPSA) is 73.8 Å². The van der Waals surface area contributed by atoms with Crippen molar-refractivity contribution in [2.75, 3.05) is 38.2 Å². The van der Waals surface area contributed by atoms with Gasteiger partial charge in [-0.05, 0) is 62.2 Å². The van der Waals surface area contributed by atoms with Gasteiger partial charge in [0.15, 0.2) is 17.4 Å². The van der Waals surface area contributed by atoms with Crippen LogP contribution >= 0.6 is 11.6 Å². The molecule has 0 saturated carbocycles. The molecule has 7 rings (SSSR count). The Labute approximate surface area is 235 Å². The fourth-order valence-electron chi connectivity index (χ4n) is 6.58. The first kappa shape index (κ1) is 25.7. The molecule has 10 heteroatoms. The zero-order valence-electron chi connectivity index (χ0n) is 22.1. The van der Waals surface area contributed by atoms with Crippen molar-refractivity contribution in [3.8, 4) is 22.9 Å². The van der Waals surface area contributed by atoms with Crippen LogP contribution in [0.1, 0.15) is 25.7 Å². The summed E-state index contributed by atoms with van der Waals surface area (Å²) in [5, 5.41) is 15.4. The van der Waals surface area contributed by atoms with Gasteiger partial charge in [-0.2, -0.15) is 9.97 Å². The van der Waals surface area contributed by atoms with Crippen LogP contribution in [-0.2, 0) is 0 Å². The number of hydrogen-bond donors (Lipinski definition) is 2. The zero-order chi connectivity index (χ0) is 27.5. The second-order valence-electron chi connectivity index (χ2n) is 11.2. The van der Waals surface area contributed by atoms with Gasteiger partial charge >= 0.3 is 6.01 Å². The lowest BCUT2D eigenvalue weighted by Gasteiger charge is -2.34. The second kappa shape index (κ2) is 9.98. The highest BCUT2D eigenvalue weighted by Crippen LogP contribution is 2.44. The molecule has 2 bridgehead atoms. The van der Waals surface area contributed by atoms with Gasteiger partial charge in [0.05, 0.1) is 5.02 Å². The van der Waals surface area contributed by atoms with Crippen molar-refractivity contribution in [2.24, 2.45) is 0 Å². The number of phenols is 1. The number of aromatic nitrogens is 2. The molecule has 3 saturated heterocycles. The van der Waals surface area contributed by atoms with Crippen LogP contribution in [-0.4, -0.2) is 71.4 Å². The van der Waals surface area contributed by atoms with Crippen LogP contribution in [0.25, 0.3) is 32.8 Å². The Kier molecular flexibility index (Phi) is 6.40.